The first-order valence-corrected chi connectivity index (χ1v) is 6.11. The van der Waals surface area contributed by atoms with E-state index in [1.807, 2.05) is 0 Å². The van der Waals surface area contributed by atoms with Crippen molar-refractivity contribution in [1.29, 1.82) is 0 Å². The summed E-state index contributed by atoms with van der Waals surface area (Å²) >= 11 is 0. The Labute approximate surface area is 112 Å². The van der Waals surface area contributed by atoms with E-state index in [0.717, 1.165) is 5.56 Å². The molecule has 1 aliphatic heterocycles. The fourth-order valence-corrected chi connectivity index (χ4v) is 2.00. The van der Waals surface area contributed by atoms with E-state index in [2.05, 4.69) is 0 Å². The number of hydrogen-bond donors (Lipinski definition) is 2. The number of fused-ring (bicyclic) bond motifs is 1. The molecule has 0 spiro atoms. The maximum Gasteiger partial charge on any atom is 0.491 e. The average molecular weight is 264 g/mol. The van der Waals surface area contributed by atoms with Gasteiger partial charge in [0.05, 0.1) is 6.61 Å². The second kappa shape index (κ2) is 4.87. The monoisotopic (exact) mass is 264 g/mol. The number of benzene rings is 1. The molecule has 0 saturated carbocycles. The van der Waals surface area contributed by atoms with E-state index >= 15 is 0 Å². The molecule has 1 aromatic carbocycles. The Kier molecular flexibility index (Phi) is 3.56. The van der Waals surface area contributed by atoms with Crippen LogP contribution < -0.4 is 10.2 Å². The van der Waals surface area contributed by atoms with Crippen molar-refractivity contribution in [2.24, 2.45) is 5.41 Å². The number of ether oxygens (including phenoxy) is 1. The highest BCUT2D eigenvalue weighted by Gasteiger charge is 2.34. The Hall–Kier alpha value is -1.53. The Balaban J connectivity index is 2.24. The molecule has 102 valence electrons. The molecule has 0 bridgehead atoms. The molecule has 0 saturated heterocycles. The predicted octanol–water partition coefficient (Wildman–Crippen LogP) is 0.782. The van der Waals surface area contributed by atoms with Gasteiger partial charge in [-0.25, -0.2) is 4.79 Å². The Morgan fingerprint density at radius 3 is 2.74 bits per heavy atom. The highest BCUT2D eigenvalue weighted by atomic mass is 16.5. The molecular weight excluding hydrogens is 247 g/mol. The summed E-state index contributed by atoms with van der Waals surface area (Å²) in [6.45, 7) is 5.77. The lowest BCUT2D eigenvalue weighted by molar-refractivity contribution is -0.150. The van der Waals surface area contributed by atoms with Crippen molar-refractivity contribution in [3.05, 3.63) is 23.8 Å². The Bertz CT molecular complexity index is 494. The summed E-state index contributed by atoms with van der Waals surface area (Å²) in [6.07, 6.45) is -0.954. The largest absolute Gasteiger partial charge is 0.491 e. The van der Waals surface area contributed by atoms with Crippen LogP contribution in [0.1, 0.15) is 26.3 Å². The SMILES string of the molecule is CC(C)(C)C(Oc1ccc2c(c1)B(O)OC2)C(=O)O. The molecule has 0 aromatic heterocycles. The number of rotatable bonds is 3. The van der Waals surface area contributed by atoms with E-state index in [1.54, 1.807) is 39.0 Å². The first-order chi connectivity index (χ1) is 8.79. The van der Waals surface area contributed by atoms with Gasteiger partial charge in [-0.2, -0.15) is 0 Å². The van der Waals surface area contributed by atoms with E-state index in [-0.39, 0.29) is 0 Å². The molecule has 2 N–H and O–H groups in total. The van der Waals surface area contributed by atoms with E-state index in [4.69, 9.17) is 9.39 Å². The predicted molar refractivity (Wildman–Crippen MR) is 70.3 cm³/mol. The van der Waals surface area contributed by atoms with Crippen LogP contribution >= 0.6 is 0 Å². The van der Waals surface area contributed by atoms with Gasteiger partial charge in [0.1, 0.15) is 5.75 Å². The van der Waals surface area contributed by atoms with Crippen LogP contribution in [0.2, 0.25) is 0 Å². The number of carboxylic acids is 1. The van der Waals surface area contributed by atoms with Crippen LogP contribution in [0, 0.1) is 5.41 Å². The summed E-state index contributed by atoms with van der Waals surface area (Å²) in [5.74, 6) is -0.588. The molecule has 1 atom stereocenters. The fraction of sp³-hybridized carbons (Fsp3) is 0.462. The van der Waals surface area contributed by atoms with Crippen molar-refractivity contribution >= 4 is 18.6 Å². The highest BCUT2D eigenvalue weighted by molar-refractivity contribution is 6.61. The quantitative estimate of drug-likeness (QED) is 0.789. The molecule has 1 aliphatic rings. The summed E-state index contributed by atoms with van der Waals surface area (Å²) in [5, 5.41) is 18.8. The van der Waals surface area contributed by atoms with Crippen molar-refractivity contribution in [1.82, 2.24) is 0 Å². The minimum Gasteiger partial charge on any atom is -0.478 e. The third-order valence-electron chi connectivity index (χ3n) is 3.04. The third kappa shape index (κ3) is 2.90. The van der Waals surface area contributed by atoms with Gasteiger partial charge in [0.15, 0.2) is 6.10 Å². The lowest BCUT2D eigenvalue weighted by Crippen LogP contribution is -2.39. The van der Waals surface area contributed by atoms with Crippen LogP contribution in [0.5, 0.6) is 5.75 Å². The Morgan fingerprint density at radius 1 is 1.47 bits per heavy atom. The molecule has 1 heterocycles. The van der Waals surface area contributed by atoms with Gasteiger partial charge >= 0.3 is 13.1 Å². The molecule has 5 nitrogen and oxygen atoms in total. The summed E-state index contributed by atoms with van der Waals surface area (Å²) < 4.78 is 10.6. The van der Waals surface area contributed by atoms with Gasteiger partial charge in [-0.15, -0.1) is 0 Å². The summed E-state index contributed by atoms with van der Waals surface area (Å²) in [6, 6.07) is 5.11. The van der Waals surface area contributed by atoms with Gasteiger partial charge in [-0.3, -0.25) is 0 Å². The van der Waals surface area contributed by atoms with E-state index < -0.39 is 24.6 Å². The molecule has 2 rings (SSSR count). The van der Waals surface area contributed by atoms with E-state index in [9.17, 15) is 14.9 Å². The first-order valence-electron chi connectivity index (χ1n) is 6.11. The molecule has 19 heavy (non-hydrogen) atoms. The second-order valence-electron chi connectivity index (χ2n) is 5.73. The third-order valence-corrected chi connectivity index (χ3v) is 3.04. The summed E-state index contributed by atoms with van der Waals surface area (Å²) in [7, 11) is -0.962. The van der Waals surface area contributed by atoms with Crippen LogP contribution in [0.3, 0.4) is 0 Å². The highest BCUT2D eigenvalue weighted by Crippen LogP contribution is 2.26. The maximum absolute atomic E-state index is 11.2. The number of hydrogen-bond acceptors (Lipinski definition) is 4. The van der Waals surface area contributed by atoms with E-state index in [0.29, 0.717) is 17.8 Å². The molecule has 1 unspecified atom stereocenters. The minimum atomic E-state index is -1.01. The van der Waals surface area contributed by atoms with Crippen molar-refractivity contribution in [2.75, 3.05) is 0 Å². The molecule has 6 heteroatoms. The van der Waals surface area contributed by atoms with Crippen LogP contribution in [0.4, 0.5) is 0 Å². The van der Waals surface area contributed by atoms with Crippen molar-refractivity contribution in [3.8, 4) is 5.75 Å². The van der Waals surface area contributed by atoms with Gasteiger partial charge < -0.3 is 19.5 Å². The topological polar surface area (TPSA) is 76.0 Å². The minimum absolute atomic E-state index is 0.360. The van der Waals surface area contributed by atoms with Crippen molar-refractivity contribution < 1.29 is 24.3 Å². The Morgan fingerprint density at radius 2 is 2.16 bits per heavy atom. The first kappa shape index (κ1) is 13.9. The summed E-state index contributed by atoms with van der Waals surface area (Å²) in [5.41, 5.74) is 0.998. The molecule has 0 aliphatic carbocycles. The zero-order valence-electron chi connectivity index (χ0n) is 11.2. The number of carbonyl (C=O) groups is 1. The zero-order chi connectivity index (χ0) is 14.2. The van der Waals surface area contributed by atoms with Crippen molar-refractivity contribution in [3.63, 3.8) is 0 Å². The zero-order valence-corrected chi connectivity index (χ0v) is 11.2. The molecular formula is C13H17BO5. The molecule has 0 fully saturated rings. The van der Waals surface area contributed by atoms with Crippen LogP contribution in [0.25, 0.3) is 0 Å². The van der Waals surface area contributed by atoms with Crippen LogP contribution in [-0.4, -0.2) is 29.3 Å². The smallest absolute Gasteiger partial charge is 0.478 e. The van der Waals surface area contributed by atoms with E-state index in [1.165, 1.54) is 0 Å². The van der Waals surface area contributed by atoms with Gasteiger partial charge in [0, 0.05) is 5.41 Å². The standard InChI is InChI=1S/C13H17BO5/c1-13(2,3)11(12(15)16)19-9-5-4-8-7-18-14(17)10(8)6-9/h4-6,11,17H,7H2,1-3H3,(H,15,16). The van der Waals surface area contributed by atoms with Gasteiger partial charge in [-0.05, 0) is 23.2 Å². The molecule has 1 aromatic rings. The lowest BCUT2D eigenvalue weighted by atomic mass is 9.79. The number of aliphatic carboxylic acids is 1. The number of carboxylic acid groups (broad SMARTS) is 1. The normalized spacial score (nSPS) is 16.1. The fourth-order valence-electron chi connectivity index (χ4n) is 2.00. The van der Waals surface area contributed by atoms with Crippen molar-refractivity contribution in [2.45, 2.75) is 33.5 Å². The molecule has 0 amide bonds. The van der Waals surface area contributed by atoms with Crippen LogP contribution in [-0.2, 0) is 16.1 Å². The van der Waals surface area contributed by atoms with Gasteiger partial charge in [-0.1, -0.05) is 26.8 Å². The maximum atomic E-state index is 11.2. The lowest BCUT2D eigenvalue weighted by Gasteiger charge is -2.27. The second-order valence-corrected chi connectivity index (χ2v) is 5.73. The average Bonchev–Trinajstić information content (AvgIpc) is 2.66. The van der Waals surface area contributed by atoms with Gasteiger partial charge in [0.2, 0.25) is 0 Å². The summed E-state index contributed by atoms with van der Waals surface area (Å²) in [4.78, 5) is 11.2. The van der Waals surface area contributed by atoms with Gasteiger partial charge in [0.25, 0.3) is 0 Å². The van der Waals surface area contributed by atoms with Crippen LogP contribution in [0.15, 0.2) is 18.2 Å². The molecule has 0 radical (unpaired) electrons.